The number of aromatic carboxylic acids is 1. The second kappa shape index (κ2) is 7.12. The van der Waals surface area contributed by atoms with Gasteiger partial charge < -0.3 is 10.4 Å². The third-order valence-corrected chi connectivity index (χ3v) is 3.79. The molecule has 1 heterocycles. The minimum absolute atomic E-state index is 0.332. The maximum absolute atomic E-state index is 11.5. The van der Waals surface area contributed by atoms with Crippen LogP contribution in [0.4, 0.5) is 5.69 Å². The van der Waals surface area contributed by atoms with Crippen molar-refractivity contribution in [2.75, 3.05) is 17.6 Å². The molecule has 1 aromatic carbocycles. The minimum atomic E-state index is -0.912. The Kier molecular flexibility index (Phi) is 5.21. The molecule has 0 bridgehead atoms. The topological polar surface area (TPSA) is 80.0 Å². The lowest BCUT2D eigenvalue weighted by Gasteiger charge is -2.12. The lowest BCUT2D eigenvalue weighted by atomic mass is 10.1. The second-order valence-corrected chi connectivity index (χ2v) is 5.73. The van der Waals surface area contributed by atoms with Crippen molar-refractivity contribution < 1.29 is 9.90 Å². The van der Waals surface area contributed by atoms with E-state index in [0.29, 0.717) is 24.2 Å². The Morgan fingerprint density at radius 1 is 1.48 bits per heavy atom. The predicted octanol–water partition coefficient (Wildman–Crippen LogP) is 2.28. The van der Waals surface area contributed by atoms with Gasteiger partial charge in [0.05, 0.1) is 5.56 Å². The number of hydrogen-bond acceptors (Lipinski definition) is 5. The van der Waals surface area contributed by atoms with Gasteiger partial charge in [0.1, 0.15) is 6.33 Å². The average molecular weight is 306 g/mol. The number of carboxylic acid groups (broad SMARTS) is 1. The van der Waals surface area contributed by atoms with Gasteiger partial charge in [-0.05, 0) is 17.9 Å². The fraction of sp³-hybridized carbons (Fsp3) is 0.357. The van der Waals surface area contributed by atoms with Crippen molar-refractivity contribution in [2.45, 2.75) is 18.2 Å². The van der Waals surface area contributed by atoms with Crippen molar-refractivity contribution in [3.8, 4) is 0 Å². The van der Waals surface area contributed by atoms with Crippen LogP contribution < -0.4 is 5.32 Å². The molecule has 2 aromatic rings. The van der Waals surface area contributed by atoms with E-state index in [1.165, 1.54) is 11.8 Å². The van der Waals surface area contributed by atoms with Crippen LogP contribution in [0.1, 0.15) is 23.1 Å². The summed E-state index contributed by atoms with van der Waals surface area (Å²) in [4.78, 5) is 16.4. The summed E-state index contributed by atoms with van der Waals surface area (Å²) in [5, 5.41) is 16.8. The van der Waals surface area contributed by atoms with Crippen LogP contribution in [-0.4, -0.2) is 38.1 Å². The molecule has 2 rings (SSSR count). The summed E-state index contributed by atoms with van der Waals surface area (Å²) in [7, 11) is 1.82. The van der Waals surface area contributed by atoms with E-state index in [0.717, 1.165) is 16.5 Å². The molecule has 0 aliphatic rings. The third-order valence-electron chi connectivity index (χ3n) is 2.85. The summed E-state index contributed by atoms with van der Waals surface area (Å²) in [6.45, 7) is 2.59. The van der Waals surface area contributed by atoms with Gasteiger partial charge in [0.25, 0.3) is 0 Å². The zero-order chi connectivity index (χ0) is 15.2. The number of aryl methyl sites for hydroxylation is 1. The molecular weight excluding hydrogens is 288 g/mol. The molecule has 0 aliphatic carbocycles. The van der Waals surface area contributed by atoms with E-state index >= 15 is 0 Å². The van der Waals surface area contributed by atoms with Crippen LogP contribution >= 0.6 is 11.8 Å². The maximum Gasteiger partial charge on any atom is 0.338 e. The second-order valence-electron chi connectivity index (χ2n) is 4.43. The van der Waals surface area contributed by atoms with E-state index < -0.39 is 5.97 Å². The first-order chi connectivity index (χ1) is 10.1. The number of aromatic nitrogens is 3. The summed E-state index contributed by atoms with van der Waals surface area (Å²) in [5.74, 6) is 0.660. The Morgan fingerprint density at radius 2 is 2.29 bits per heavy atom. The first kappa shape index (κ1) is 15.4. The summed E-state index contributed by atoms with van der Waals surface area (Å²) in [6.07, 6.45) is 2.29. The Morgan fingerprint density at radius 3 is 2.90 bits per heavy atom. The lowest BCUT2D eigenvalue weighted by molar-refractivity contribution is 0.0694. The number of nitrogens with zero attached hydrogens (tertiary/aromatic N) is 3. The largest absolute Gasteiger partial charge is 0.478 e. The first-order valence-electron chi connectivity index (χ1n) is 6.69. The molecule has 0 spiro atoms. The number of hydrogen-bond donors (Lipinski definition) is 2. The van der Waals surface area contributed by atoms with Crippen molar-refractivity contribution in [1.82, 2.24) is 14.8 Å². The number of carbonyl (C=O) groups is 1. The third kappa shape index (κ3) is 3.98. The van der Waals surface area contributed by atoms with E-state index in [1.54, 1.807) is 17.1 Å². The molecule has 0 unspecified atom stereocenters. The SMILES string of the molecule is CCSc1cccc(NCCc2ncn(C)n2)c1C(=O)O. The van der Waals surface area contributed by atoms with Crippen LogP contribution in [0.25, 0.3) is 0 Å². The van der Waals surface area contributed by atoms with E-state index in [2.05, 4.69) is 15.4 Å². The van der Waals surface area contributed by atoms with Crippen LogP contribution in [0.5, 0.6) is 0 Å². The fourth-order valence-electron chi connectivity index (χ4n) is 1.98. The van der Waals surface area contributed by atoms with Gasteiger partial charge in [-0.3, -0.25) is 4.68 Å². The number of thioether (sulfide) groups is 1. The molecule has 2 N–H and O–H groups in total. The van der Waals surface area contributed by atoms with Crippen LogP contribution in [0.3, 0.4) is 0 Å². The first-order valence-corrected chi connectivity index (χ1v) is 7.68. The Bertz CT molecular complexity index is 627. The molecule has 0 fully saturated rings. The highest BCUT2D eigenvalue weighted by Gasteiger charge is 2.15. The average Bonchev–Trinajstić information content (AvgIpc) is 2.85. The van der Waals surface area contributed by atoms with Gasteiger partial charge in [-0.2, -0.15) is 5.10 Å². The van der Waals surface area contributed by atoms with Crippen molar-refractivity contribution in [1.29, 1.82) is 0 Å². The van der Waals surface area contributed by atoms with Crippen LogP contribution in [0, 0.1) is 0 Å². The summed E-state index contributed by atoms with van der Waals surface area (Å²) >= 11 is 1.53. The summed E-state index contributed by atoms with van der Waals surface area (Å²) < 4.78 is 1.65. The van der Waals surface area contributed by atoms with Crippen molar-refractivity contribution in [3.05, 3.63) is 35.9 Å². The van der Waals surface area contributed by atoms with Gasteiger partial charge >= 0.3 is 5.97 Å². The quantitative estimate of drug-likeness (QED) is 0.764. The number of anilines is 1. The molecule has 21 heavy (non-hydrogen) atoms. The van der Waals surface area contributed by atoms with Gasteiger partial charge in [-0.15, -0.1) is 11.8 Å². The van der Waals surface area contributed by atoms with Gasteiger partial charge in [-0.25, -0.2) is 9.78 Å². The van der Waals surface area contributed by atoms with Gasteiger partial charge in [0.15, 0.2) is 5.82 Å². The highest BCUT2D eigenvalue weighted by Crippen LogP contribution is 2.28. The molecule has 0 aliphatic heterocycles. The highest BCUT2D eigenvalue weighted by molar-refractivity contribution is 7.99. The molecule has 1 aromatic heterocycles. The van der Waals surface area contributed by atoms with Crippen LogP contribution in [-0.2, 0) is 13.5 Å². The number of nitrogens with one attached hydrogen (secondary N) is 1. The van der Waals surface area contributed by atoms with Gasteiger partial charge in [0.2, 0.25) is 0 Å². The number of carboxylic acids is 1. The van der Waals surface area contributed by atoms with Crippen molar-refractivity contribution >= 4 is 23.4 Å². The summed E-state index contributed by atoms with van der Waals surface area (Å²) in [6, 6.07) is 5.49. The van der Waals surface area contributed by atoms with Gasteiger partial charge in [-0.1, -0.05) is 13.0 Å². The summed E-state index contributed by atoms with van der Waals surface area (Å²) in [5.41, 5.74) is 0.968. The maximum atomic E-state index is 11.5. The van der Waals surface area contributed by atoms with Crippen LogP contribution in [0.15, 0.2) is 29.4 Å². The van der Waals surface area contributed by atoms with E-state index in [4.69, 9.17) is 0 Å². The molecule has 112 valence electrons. The molecule has 6 nitrogen and oxygen atoms in total. The number of benzene rings is 1. The van der Waals surface area contributed by atoms with Gasteiger partial charge in [0, 0.05) is 30.6 Å². The molecule has 0 radical (unpaired) electrons. The Labute approximate surface area is 127 Å². The van der Waals surface area contributed by atoms with E-state index in [-0.39, 0.29) is 0 Å². The zero-order valence-electron chi connectivity index (χ0n) is 12.0. The molecule has 0 atom stereocenters. The standard InChI is InChI=1S/C14H18N4O2S/c1-3-21-11-6-4-5-10(13(11)14(19)20)15-8-7-12-16-9-18(2)17-12/h4-6,9,15H,3,7-8H2,1-2H3,(H,19,20). The van der Waals surface area contributed by atoms with E-state index in [9.17, 15) is 9.90 Å². The number of rotatable bonds is 7. The fourth-order valence-corrected chi connectivity index (χ4v) is 2.81. The smallest absolute Gasteiger partial charge is 0.338 e. The molecular formula is C14H18N4O2S. The van der Waals surface area contributed by atoms with Crippen LogP contribution in [0.2, 0.25) is 0 Å². The monoisotopic (exact) mass is 306 g/mol. The predicted molar refractivity (Wildman–Crippen MR) is 83.0 cm³/mol. The molecule has 0 amide bonds. The molecule has 7 heteroatoms. The Balaban J connectivity index is 2.08. The lowest BCUT2D eigenvalue weighted by Crippen LogP contribution is -2.11. The Hall–Kier alpha value is -2.02. The normalized spacial score (nSPS) is 10.6. The zero-order valence-corrected chi connectivity index (χ0v) is 12.9. The molecule has 0 saturated heterocycles. The van der Waals surface area contributed by atoms with E-state index in [1.807, 2.05) is 26.1 Å². The molecule has 0 saturated carbocycles. The minimum Gasteiger partial charge on any atom is -0.478 e. The highest BCUT2D eigenvalue weighted by atomic mass is 32.2. The van der Waals surface area contributed by atoms with Crippen molar-refractivity contribution in [2.24, 2.45) is 7.05 Å². The van der Waals surface area contributed by atoms with Crippen molar-refractivity contribution in [3.63, 3.8) is 0 Å².